The topological polar surface area (TPSA) is 45.7 Å². The monoisotopic (exact) mass is 425 g/mol. The summed E-state index contributed by atoms with van der Waals surface area (Å²) in [6.45, 7) is 6.66. The number of hydrogen-bond donors (Lipinski definition) is 2. The Morgan fingerprint density at radius 3 is 2.62 bits per heavy atom. The van der Waals surface area contributed by atoms with E-state index in [0.29, 0.717) is 0 Å². The maximum Gasteiger partial charge on any atom is 0.191 e. The molecule has 1 aromatic rings. The molecule has 21 heavy (non-hydrogen) atoms. The van der Waals surface area contributed by atoms with Crippen molar-refractivity contribution in [2.45, 2.75) is 26.7 Å². The number of benzene rings is 1. The largest absolute Gasteiger partial charge is 0.497 e. The van der Waals surface area contributed by atoms with Crippen LogP contribution in [0.5, 0.6) is 5.75 Å². The van der Waals surface area contributed by atoms with Crippen molar-refractivity contribution in [2.24, 2.45) is 4.99 Å². The number of nitrogens with zero attached hydrogens (tertiary/aromatic N) is 1. The van der Waals surface area contributed by atoms with Crippen LogP contribution in [0, 0.1) is 0 Å². The molecule has 2 N–H and O–H groups in total. The van der Waals surface area contributed by atoms with Gasteiger partial charge in [0.1, 0.15) is 5.75 Å². The summed E-state index contributed by atoms with van der Waals surface area (Å²) < 4.78 is 5.14. The third-order valence-corrected chi connectivity index (χ3v) is 3.14. The Morgan fingerprint density at radius 1 is 1.29 bits per heavy atom. The normalized spacial score (nSPS) is 10.8. The average Bonchev–Trinajstić information content (AvgIpc) is 2.46. The number of guanidine groups is 1. The first-order chi connectivity index (χ1) is 9.71. The number of ether oxygens (including phenoxy) is 1. The maximum absolute atomic E-state index is 6.21. The first-order valence-electron chi connectivity index (χ1n) is 7.05. The van der Waals surface area contributed by atoms with E-state index < -0.39 is 0 Å². The molecular weight excluding hydrogens is 401 g/mol. The van der Waals surface area contributed by atoms with E-state index in [4.69, 9.17) is 16.3 Å². The van der Waals surface area contributed by atoms with Crippen LogP contribution in [0.25, 0.3) is 0 Å². The quantitative estimate of drug-likeness (QED) is 0.399. The molecule has 1 aromatic carbocycles. The van der Waals surface area contributed by atoms with E-state index in [1.807, 2.05) is 18.2 Å². The number of halogens is 2. The first-order valence-corrected chi connectivity index (χ1v) is 7.43. The van der Waals surface area contributed by atoms with Gasteiger partial charge in [-0.25, -0.2) is 0 Å². The Hall–Kier alpha value is -0.690. The molecule has 0 atom stereocenters. The molecule has 4 nitrogen and oxygen atoms in total. The number of hydrogen-bond acceptors (Lipinski definition) is 2. The predicted octanol–water partition coefficient (Wildman–Crippen LogP) is 3.47. The summed E-state index contributed by atoms with van der Waals surface area (Å²) in [6.07, 6.45) is 1.89. The van der Waals surface area contributed by atoms with Crippen LogP contribution in [0.4, 0.5) is 0 Å². The molecule has 0 saturated carbocycles. The van der Waals surface area contributed by atoms with Gasteiger partial charge in [0.25, 0.3) is 0 Å². The van der Waals surface area contributed by atoms with Gasteiger partial charge >= 0.3 is 0 Å². The fourth-order valence-corrected chi connectivity index (χ4v) is 2.00. The molecule has 6 heteroatoms. The van der Waals surface area contributed by atoms with Gasteiger partial charge in [-0.05, 0) is 37.5 Å². The molecule has 0 unspecified atom stereocenters. The van der Waals surface area contributed by atoms with E-state index in [1.165, 1.54) is 0 Å². The molecule has 0 spiro atoms. The highest BCUT2D eigenvalue weighted by Gasteiger charge is 2.03. The van der Waals surface area contributed by atoms with Crippen molar-refractivity contribution >= 4 is 41.5 Å². The van der Waals surface area contributed by atoms with Crippen molar-refractivity contribution in [2.75, 3.05) is 26.7 Å². The number of nitrogens with one attached hydrogen (secondary N) is 2. The second-order valence-corrected chi connectivity index (χ2v) is 4.80. The third-order valence-electron chi connectivity index (χ3n) is 2.78. The van der Waals surface area contributed by atoms with Gasteiger partial charge in [0.2, 0.25) is 0 Å². The fourth-order valence-electron chi connectivity index (χ4n) is 1.74. The zero-order valence-electron chi connectivity index (χ0n) is 12.9. The van der Waals surface area contributed by atoms with Crippen molar-refractivity contribution < 1.29 is 4.74 Å². The Kier molecular flexibility index (Phi) is 11.5. The Balaban J connectivity index is 0.00000400. The van der Waals surface area contributed by atoms with Crippen LogP contribution < -0.4 is 15.4 Å². The van der Waals surface area contributed by atoms with Gasteiger partial charge in [0.05, 0.1) is 7.11 Å². The summed E-state index contributed by atoms with van der Waals surface area (Å²) in [7, 11) is 1.64. The van der Waals surface area contributed by atoms with Gasteiger partial charge in [-0.3, -0.25) is 4.99 Å². The van der Waals surface area contributed by atoms with E-state index in [0.717, 1.165) is 54.8 Å². The summed E-state index contributed by atoms with van der Waals surface area (Å²) in [4.78, 5) is 4.45. The van der Waals surface area contributed by atoms with E-state index in [2.05, 4.69) is 29.5 Å². The Bertz CT molecular complexity index is 441. The molecule has 0 aliphatic rings. The van der Waals surface area contributed by atoms with Gasteiger partial charge in [0.15, 0.2) is 5.96 Å². The summed E-state index contributed by atoms with van der Waals surface area (Å²) in [5.74, 6) is 1.64. The molecule has 1 rings (SSSR count). The molecule has 0 aliphatic carbocycles. The van der Waals surface area contributed by atoms with Crippen molar-refractivity contribution in [1.29, 1.82) is 0 Å². The van der Waals surface area contributed by atoms with Gasteiger partial charge < -0.3 is 15.4 Å². The lowest BCUT2D eigenvalue weighted by Crippen LogP contribution is -2.38. The van der Waals surface area contributed by atoms with Crippen LogP contribution in [0.1, 0.15) is 25.8 Å². The molecule has 0 aromatic heterocycles. The number of aliphatic imine (C=N–C) groups is 1. The van der Waals surface area contributed by atoms with Gasteiger partial charge in [-0.2, -0.15) is 0 Å². The highest BCUT2D eigenvalue weighted by atomic mass is 127. The van der Waals surface area contributed by atoms with Crippen molar-refractivity contribution in [3.8, 4) is 5.75 Å². The minimum atomic E-state index is 0. The zero-order valence-corrected chi connectivity index (χ0v) is 16.0. The highest BCUT2D eigenvalue weighted by molar-refractivity contribution is 14.0. The molecule has 0 heterocycles. The van der Waals surface area contributed by atoms with Crippen molar-refractivity contribution in [1.82, 2.24) is 10.6 Å². The minimum absolute atomic E-state index is 0. The average molecular weight is 426 g/mol. The lowest BCUT2D eigenvalue weighted by atomic mass is 10.1. The Labute approximate surface area is 149 Å². The van der Waals surface area contributed by atoms with Crippen molar-refractivity contribution in [3.05, 3.63) is 28.8 Å². The highest BCUT2D eigenvalue weighted by Crippen LogP contribution is 2.22. The van der Waals surface area contributed by atoms with Gasteiger partial charge in [-0.1, -0.05) is 24.6 Å². The minimum Gasteiger partial charge on any atom is -0.497 e. The predicted molar refractivity (Wildman–Crippen MR) is 101 cm³/mol. The van der Waals surface area contributed by atoms with Gasteiger partial charge in [0, 0.05) is 24.7 Å². The molecule has 0 radical (unpaired) electrons. The Morgan fingerprint density at radius 2 is 2.05 bits per heavy atom. The standard InChI is InChI=1S/C15H24ClN3O.HI/c1-4-9-18-15(17-5-2)19-10-8-12-6-7-13(20-3)11-14(12)16;/h6-7,11H,4-5,8-10H2,1-3H3,(H2,17,18,19);1H. The molecule has 0 aliphatic heterocycles. The lowest BCUT2D eigenvalue weighted by molar-refractivity contribution is 0.414. The van der Waals surface area contributed by atoms with Crippen LogP contribution in [0.15, 0.2) is 23.2 Å². The van der Waals surface area contributed by atoms with Crippen LogP contribution in [0.2, 0.25) is 5.02 Å². The maximum atomic E-state index is 6.21. The van der Waals surface area contributed by atoms with Crippen LogP contribution in [0.3, 0.4) is 0 Å². The van der Waals surface area contributed by atoms with Crippen LogP contribution >= 0.6 is 35.6 Å². The molecule has 0 amide bonds. The van der Waals surface area contributed by atoms with E-state index in [9.17, 15) is 0 Å². The molecular formula is C15H25ClIN3O. The summed E-state index contributed by atoms with van der Waals surface area (Å²) in [5, 5.41) is 7.27. The van der Waals surface area contributed by atoms with Crippen molar-refractivity contribution in [3.63, 3.8) is 0 Å². The number of rotatable bonds is 7. The van der Waals surface area contributed by atoms with Crippen LogP contribution in [-0.2, 0) is 6.42 Å². The third kappa shape index (κ3) is 7.76. The molecule has 0 bridgehead atoms. The SMILES string of the molecule is CCCN=C(NCC)NCCc1ccc(OC)cc1Cl.I. The van der Waals surface area contributed by atoms with E-state index in [-0.39, 0.29) is 24.0 Å². The molecule has 120 valence electrons. The summed E-state index contributed by atoms with van der Waals surface area (Å²) in [6, 6.07) is 5.77. The number of methoxy groups -OCH3 is 1. The zero-order chi connectivity index (χ0) is 14.8. The molecule has 0 saturated heterocycles. The fraction of sp³-hybridized carbons (Fsp3) is 0.533. The summed E-state index contributed by atoms with van der Waals surface area (Å²) >= 11 is 6.21. The van der Waals surface area contributed by atoms with E-state index in [1.54, 1.807) is 7.11 Å². The first kappa shape index (κ1) is 20.3. The van der Waals surface area contributed by atoms with Crippen LogP contribution in [-0.4, -0.2) is 32.7 Å². The summed E-state index contributed by atoms with van der Waals surface area (Å²) in [5.41, 5.74) is 1.10. The lowest BCUT2D eigenvalue weighted by Gasteiger charge is -2.12. The molecule has 0 fully saturated rings. The second-order valence-electron chi connectivity index (χ2n) is 4.39. The smallest absolute Gasteiger partial charge is 0.191 e. The van der Waals surface area contributed by atoms with Gasteiger partial charge in [-0.15, -0.1) is 24.0 Å². The van der Waals surface area contributed by atoms with E-state index >= 15 is 0 Å². The second kappa shape index (κ2) is 11.9.